The molecule has 0 aliphatic rings. The van der Waals surface area contributed by atoms with Crippen LogP contribution in [0.5, 0.6) is 5.75 Å². The number of phenolic OH excluding ortho intramolecular Hbond substituents is 1. The molecule has 0 bridgehead atoms. The molecule has 2 nitrogen and oxygen atoms in total. The zero-order valence-electron chi connectivity index (χ0n) is 6.97. The molecule has 0 spiro atoms. The Bertz CT molecular complexity index is 263. The number of benzene rings is 1. The predicted molar refractivity (Wildman–Crippen MR) is 45.4 cm³/mol. The second-order valence-corrected chi connectivity index (χ2v) is 2.56. The number of nitrogens with one attached hydrogen (secondary N) is 1. The summed E-state index contributed by atoms with van der Waals surface area (Å²) in [5.41, 5.74) is 0.578. The molecule has 0 saturated carbocycles. The van der Waals surface area contributed by atoms with Gasteiger partial charge >= 0.3 is 0 Å². The van der Waals surface area contributed by atoms with Crippen molar-refractivity contribution in [2.75, 3.05) is 6.54 Å². The van der Waals surface area contributed by atoms with Gasteiger partial charge in [-0.2, -0.15) is 0 Å². The lowest BCUT2D eigenvalue weighted by Gasteiger charge is -2.03. The Balaban J connectivity index is 2.72. The fourth-order valence-corrected chi connectivity index (χ4v) is 0.939. The normalized spacial score (nSPS) is 10.2. The number of aromatic hydroxyl groups is 1. The van der Waals surface area contributed by atoms with Gasteiger partial charge in [-0.3, -0.25) is 0 Å². The molecule has 1 aromatic rings. The van der Waals surface area contributed by atoms with E-state index in [9.17, 15) is 4.39 Å². The molecule has 66 valence electrons. The summed E-state index contributed by atoms with van der Waals surface area (Å²) < 4.78 is 13.0. The summed E-state index contributed by atoms with van der Waals surface area (Å²) in [7, 11) is 0. The quantitative estimate of drug-likeness (QED) is 0.721. The average molecular weight is 169 g/mol. The van der Waals surface area contributed by atoms with E-state index in [1.165, 1.54) is 6.07 Å². The molecule has 0 atom stereocenters. The lowest BCUT2D eigenvalue weighted by Crippen LogP contribution is -2.12. The van der Waals surface area contributed by atoms with Gasteiger partial charge in [0.1, 0.15) is 11.6 Å². The Morgan fingerprint density at radius 2 is 2.25 bits per heavy atom. The first-order valence-electron chi connectivity index (χ1n) is 3.92. The molecule has 0 aliphatic heterocycles. The topological polar surface area (TPSA) is 32.3 Å². The minimum absolute atomic E-state index is 0.0345. The average Bonchev–Trinajstić information content (AvgIpc) is 2.03. The fraction of sp³-hybridized carbons (Fsp3) is 0.333. The van der Waals surface area contributed by atoms with Gasteiger partial charge in [0.05, 0.1) is 0 Å². The highest BCUT2D eigenvalue weighted by atomic mass is 19.1. The fourth-order valence-electron chi connectivity index (χ4n) is 0.939. The number of halogens is 1. The number of hydrogen-bond acceptors (Lipinski definition) is 2. The van der Waals surface area contributed by atoms with Crippen LogP contribution < -0.4 is 5.32 Å². The molecule has 0 fully saturated rings. The summed E-state index contributed by atoms with van der Waals surface area (Å²) in [6.45, 7) is 3.27. The highest BCUT2D eigenvalue weighted by molar-refractivity contribution is 5.27. The van der Waals surface area contributed by atoms with E-state index in [-0.39, 0.29) is 11.6 Å². The van der Waals surface area contributed by atoms with Crippen LogP contribution in [-0.2, 0) is 6.54 Å². The monoisotopic (exact) mass is 169 g/mol. The van der Waals surface area contributed by atoms with E-state index in [2.05, 4.69) is 5.32 Å². The van der Waals surface area contributed by atoms with Crippen molar-refractivity contribution in [3.8, 4) is 5.75 Å². The molecule has 2 N–H and O–H groups in total. The third-order valence-corrected chi connectivity index (χ3v) is 1.60. The van der Waals surface area contributed by atoms with E-state index >= 15 is 0 Å². The molecular formula is C9H12FNO. The molecule has 3 heteroatoms. The first-order valence-corrected chi connectivity index (χ1v) is 3.92. The van der Waals surface area contributed by atoms with Gasteiger partial charge in [-0.1, -0.05) is 13.0 Å². The third-order valence-electron chi connectivity index (χ3n) is 1.60. The van der Waals surface area contributed by atoms with E-state index in [1.54, 1.807) is 6.07 Å². The van der Waals surface area contributed by atoms with Gasteiger partial charge in [0.15, 0.2) is 0 Å². The van der Waals surface area contributed by atoms with E-state index in [0.29, 0.717) is 12.1 Å². The van der Waals surface area contributed by atoms with Crippen molar-refractivity contribution in [2.24, 2.45) is 0 Å². The predicted octanol–water partition coefficient (Wildman–Crippen LogP) is 1.64. The molecule has 0 radical (unpaired) electrons. The van der Waals surface area contributed by atoms with E-state index in [1.807, 2.05) is 6.92 Å². The smallest absolute Gasteiger partial charge is 0.131 e. The van der Waals surface area contributed by atoms with Crippen LogP contribution in [-0.4, -0.2) is 11.7 Å². The maximum Gasteiger partial charge on any atom is 0.131 e. The van der Waals surface area contributed by atoms with Crippen LogP contribution in [0.1, 0.15) is 12.5 Å². The van der Waals surface area contributed by atoms with Gasteiger partial charge < -0.3 is 10.4 Å². The third kappa shape index (κ3) is 2.20. The molecular weight excluding hydrogens is 157 g/mol. The Morgan fingerprint density at radius 3 is 2.83 bits per heavy atom. The van der Waals surface area contributed by atoms with Crippen molar-refractivity contribution in [1.82, 2.24) is 5.32 Å². The molecule has 12 heavy (non-hydrogen) atoms. The van der Waals surface area contributed by atoms with Gasteiger partial charge in [0, 0.05) is 18.2 Å². The van der Waals surface area contributed by atoms with Gasteiger partial charge in [-0.15, -0.1) is 0 Å². The van der Waals surface area contributed by atoms with Crippen LogP contribution in [0.2, 0.25) is 0 Å². The highest BCUT2D eigenvalue weighted by Crippen LogP contribution is 2.14. The van der Waals surface area contributed by atoms with Crippen molar-refractivity contribution >= 4 is 0 Å². The lowest BCUT2D eigenvalue weighted by atomic mass is 10.2. The first-order chi connectivity index (χ1) is 5.74. The van der Waals surface area contributed by atoms with Crippen LogP contribution in [0, 0.1) is 5.82 Å². The summed E-state index contributed by atoms with van der Waals surface area (Å²) in [6.07, 6.45) is 0. The summed E-state index contributed by atoms with van der Waals surface area (Å²) >= 11 is 0. The SMILES string of the molecule is CCNCc1ccc(O)cc1F. The molecule has 0 unspecified atom stereocenters. The van der Waals surface area contributed by atoms with Crippen molar-refractivity contribution in [1.29, 1.82) is 0 Å². The van der Waals surface area contributed by atoms with E-state index in [0.717, 1.165) is 12.6 Å². The number of hydrogen-bond donors (Lipinski definition) is 2. The van der Waals surface area contributed by atoms with Gasteiger partial charge in [0.25, 0.3) is 0 Å². The van der Waals surface area contributed by atoms with Crippen LogP contribution in [0.15, 0.2) is 18.2 Å². The Morgan fingerprint density at radius 1 is 1.50 bits per heavy atom. The van der Waals surface area contributed by atoms with Crippen molar-refractivity contribution in [3.63, 3.8) is 0 Å². The standard InChI is InChI=1S/C9H12FNO/c1-2-11-6-7-3-4-8(12)5-9(7)10/h3-5,11-12H,2,6H2,1H3. The van der Waals surface area contributed by atoms with Gasteiger partial charge in [0.2, 0.25) is 0 Å². The van der Waals surface area contributed by atoms with Crippen molar-refractivity contribution < 1.29 is 9.50 Å². The van der Waals surface area contributed by atoms with Crippen molar-refractivity contribution in [3.05, 3.63) is 29.6 Å². The molecule has 0 saturated heterocycles. The van der Waals surface area contributed by atoms with Crippen LogP contribution in [0.4, 0.5) is 4.39 Å². The Labute approximate surface area is 71.0 Å². The molecule has 0 aliphatic carbocycles. The zero-order valence-corrected chi connectivity index (χ0v) is 6.97. The van der Waals surface area contributed by atoms with Crippen LogP contribution in [0.3, 0.4) is 0 Å². The Hall–Kier alpha value is -1.09. The second-order valence-electron chi connectivity index (χ2n) is 2.56. The minimum atomic E-state index is -0.365. The van der Waals surface area contributed by atoms with E-state index in [4.69, 9.17) is 5.11 Å². The molecule has 0 heterocycles. The van der Waals surface area contributed by atoms with Gasteiger partial charge in [-0.25, -0.2) is 4.39 Å². The number of rotatable bonds is 3. The van der Waals surface area contributed by atoms with Gasteiger partial charge in [-0.05, 0) is 12.6 Å². The lowest BCUT2D eigenvalue weighted by molar-refractivity contribution is 0.467. The van der Waals surface area contributed by atoms with Crippen molar-refractivity contribution in [2.45, 2.75) is 13.5 Å². The molecule has 0 aromatic heterocycles. The van der Waals surface area contributed by atoms with Crippen LogP contribution in [0.25, 0.3) is 0 Å². The summed E-state index contributed by atoms with van der Waals surface area (Å²) in [4.78, 5) is 0. The molecule has 1 aromatic carbocycles. The maximum atomic E-state index is 13.0. The highest BCUT2D eigenvalue weighted by Gasteiger charge is 2.01. The summed E-state index contributed by atoms with van der Waals surface area (Å²) in [5.74, 6) is -0.399. The first kappa shape index (κ1) is 9.00. The number of phenols is 1. The largest absolute Gasteiger partial charge is 0.508 e. The maximum absolute atomic E-state index is 13.0. The minimum Gasteiger partial charge on any atom is -0.508 e. The van der Waals surface area contributed by atoms with E-state index < -0.39 is 0 Å². The summed E-state index contributed by atoms with van der Waals surface area (Å²) in [5, 5.41) is 11.9. The zero-order chi connectivity index (χ0) is 8.97. The molecule has 0 amide bonds. The van der Waals surface area contributed by atoms with Crippen LogP contribution >= 0.6 is 0 Å². The molecule has 1 rings (SSSR count). The second kappa shape index (κ2) is 4.07. The summed E-state index contributed by atoms with van der Waals surface area (Å²) in [6, 6.07) is 4.18. The Kier molecular flexibility index (Phi) is 3.05.